The molecule has 0 bridgehead atoms. The standard InChI is InChI=1S/C13H11F3N4O/c14-13(15,16)11-4-2-9(7-19-11)20-12(21)10-3-1-8(5-17)6-18-10/h1-4,6-7H,5,17H2,(H,20,21). The van der Waals surface area contributed by atoms with Crippen LogP contribution < -0.4 is 11.1 Å². The van der Waals surface area contributed by atoms with Crippen LogP contribution in [-0.2, 0) is 12.7 Å². The van der Waals surface area contributed by atoms with Gasteiger partial charge in [0.1, 0.15) is 11.4 Å². The van der Waals surface area contributed by atoms with Crippen molar-refractivity contribution in [3.8, 4) is 0 Å². The maximum Gasteiger partial charge on any atom is 0.433 e. The van der Waals surface area contributed by atoms with Gasteiger partial charge < -0.3 is 11.1 Å². The summed E-state index contributed by atoms with van der Waals surface area (Å²) < 4.78 is 37.0. The monoisotopic (exact) mass is 296 g/mol. The molecule has 110 valence electrons. The van der Waals surface area contributed by atoms with Gasteiger partial charge in [-0.2, -0.15) is 13.2 Å². The van der Waals surface area contributed by atoms with Crippen molar-refractivity contribution in [3.63, 3.8) is 0 Å². The molecule has 2 rings (SSSR count). The van der Waals surface area contributed by atoms with Crippen molar-refractivity contribution >= 4 is 11.6 Å². The van der Waals surface area contributed by atoms with Crippen LogP contribution in [0.25, 0.3) is 0 Å². The van der Waals surface area contributed by atoms with Gasteiger partial charge in [0.25, 0.3) is 5.91 Å². The first kappa shape index (κ1) is 14.9. The van der Waals surface area contributed by atoms with E-state index in [1.807, 2.05) is 0 Å². The van der Waals surface area contributed by atoms with Crippen LogP contribution in [0.4, 0.5) is 18.9 Å². The molecule has 2 aromatic heterocycles. The molecule has 0 saturated carbocycles. The van der Waals surface area contributed by atoms with Crippen LogP contribution in [0.3, 0.4) is 0 Å². The number of rotatable bonds is 3. The van der Waals surface area contributed by atoms with Crippen molar-refractivity contribution in [1.29, 1.82) is 0 Å². The zero-order valence-corrected chi connectivity index (χ0v) is 10.7. The van der Waals surface area contributed by atoms with Gasteiger partial charge in [0.2, 0.25) is 0 Å². The average Bonchev–Trinajstić information content (AvgIpc) is 2.47. The number of alkyl halides is 3. The molecule has 5 nitrogen and oxygen atoms in total. The largest absolute Gasteiger partial charge is 0.433 e. The molecule has 0 radical (unpaired) electrons. The third-order valence-corrected chi connectivity index (χ3v) is 2.60. The predicted molar refractivity (Wildman–Crippen MR) is 69.3 cm³/mol. The van der Waals surface area contributed by atoms with E-state index >= 15 is 0 Å². The van der Waals surface area contributed by atoms with Gasteiger partial charge in [-0.15, -0.1) is 0 Å². The van der Waals surface area contributed by atoms with Gasteiger partial charge in [-0.25, -0.2) is 4.98 Å². The third-order valence-electron chi connectivity index (χ3n) is 2.60. The second-order valence-electron chi connectivity index (χ2n) is 4.14. The molecule has 0 aliphatic carbocycles. The summed E-state index contributed by atoms with van der Waals surface area (Å²) in [7, 11) is 0. The van der Waals surface area contributed by atoms with E-state index in [2.05, 4.69) is 15.3 Å². The molecule has 0 aromatic carbocycles. The lowest BCUT2D eigenvalue weighted by Crippen LogP contribution is -2.15. The normalized spacial score (nSPS) is 11.2. The van der Waals surface area contributed by atoms with E-state index < -0.39 is 17.8 Å². The zero-order valence-electron chi connectivity index (χ0n) is 10.7. The Kier molecular flexibility index (Phi) is 4.18. The number of hydrogen-bond acceptors (Lipinski definition) is 4. The molecule has 0 atom stereocenters. The number of halogens is 3. The van der Waals surface area contributed by atoms with Crippen LogP contribution >= 0.6 is 0 Å². The van der Waals surface area contributed by atoms with Crippen molar-refractivity contribution < 1.29 is 18.0 Å². The summed E-state index contributed by atoms with van der Waals surface area (Å²) in [5.41, 5.74) is 5.43. The summed E-state index contributed by atoms with van der Waals surface area (Å²) in [4.78, 5) is 19.0. The lowest BCUT2D eigenvalue weighted by molar-refractivity contribution is -0.141. The molecule has 1 amide bonds. The molecule has 0 saturated heterocycles. The highest BCUT2D eigenvalue weighted by atomic mass is 19.4. The Morgan fingerprint density at radius 3 is 2.38 bits per heavy atom. The summed E-state index contributed by atoms with van der Waals surface area (Å²) in [6.45, 7) is 0.303. The smallest absolute Gasteiger partial charge is 0.326 e. The lowest BCUT2D eigenvalue weighted by atomic mass is 10.2. The SMILES string of the molecule is NCc1ccc(C(=O)Nc2ccc(C(F)(F)F)nc2)nc1. The van der Waals surface area contributed by atoms with Gasteiger partial charge in [-0.3, -0.25) is 9.78 Å². The number of aromatic nitrogens is 2. The highest BCUT2D eigenvalue weighted by Crippen LogP contribution is 2.27. The van der Waals surface area contributed by atoms with Gasteiger partial charge in [-0.1, -0.05) is 6.07 Å². The first-order valence-corrected chi connectivity index (χ1v) is 5.90. The number of nitrogens with two attached hydrogens (primary N) is 1. The summed E-state index contributed by atoms with van der Waals surface area (Å²) in [5.74, 6) is -0.542. The van der Waals surface area contributed by atoms with Crippen LogP contribution in [0.1, 0.15) is 21.7 Å². The van der Waals surface area contributed by atoms with E-state index in [0.717, 1.165) is 23.9 Å². The molecule has 0 unspecified atom stereocenters. The average molecular weight is 296 g/mol. The number of anilines is 1. The van der Waals surface area contributed by atoms with Gasteiger partial charge >= 0.3 is 6.18 Å². The predicted octanol–water partition coefficient (Wildman–Crippen LogP) is 2.21. The number of pyridine rings is 2. The number of amides is 1. The van der Waals surface area contributed by atoms with Crippen molar-refractivity contribution in [1.82, 2.24) is 9.97 Å². The maximum absolute atomic E-state index is 12.3. The summed E-state index contributed by atoms with van der Waals surface area (Å²) >= 11 is 0. The highest BCUT2D eigenvalue weighted by molar-refractivity contribution is 6.02. The maximum atomic E-state index is 12.3. The number of nitrogens with zero attached hydrogens (tertiary/aromatic N) is 2. The molecule has 0 spiro atoms. The second kappa shape index (κ2) is 5.88. The van der Waals surface area contributed by atoms with E-state index in [4.69, 9.17) is 5.73 Å². The van der Waals surface area contributed by atoms with E-state index in [9.17, 15) is 18.0 Å². The first-order chi connectivity index (χ1) is 9.90. The van der Waals surface area contributed by atoms with E-state index in [-0.39, 0.29) is 11.4 Å². The molecule has 3 N–H and O–H groups in total. The van der Waals surface area contributed by atoms with E-state index in [1.54, 1.807) is 6.07 Å². The minimum absolute atomic E-state index is 0.132. The number of carbonyl (C=O) groups excluding carboxylic acids is 1. The second-order valence-corrected chi connectivity index (χ2v) is 4.14. The van der Waals surface area contributed by atoms with Crippen molar-refractivity contribution in [2.24, 2.45) is 5.73 Å². The fraction of sp³-hybridized carbons (Fsp3) is 0.154. The Hall–Kier alpha value is -2.48. The Morgan fingerprint density at radius 1 is 1.14 bits per heavy atom. The fourth-order valence-corrected chi connectivity index (χ4v) is 1.51. The van der Waals surface area contributed by atoms with Crippen LogP contribution in [0.5, 0.6) is 0 Å². The number of carbonyl (C=O) groups is 1. The molecular weight excluding hydrogens is 285 g/mol. The molecule has 8 heteroatoms. The Balaban J connectivity index is 2.08. The van der Waals surface area contributed by atoms with Crippen LogP contribution in [-0.4, -0.2) is 15.9 Å². The fourth-order valence-electron chi connectivity index (χ4n) is 1.51. The number of nitrogens with one attached hydrogen (secondary N) is 1. The summed E-state index contributed by atoms with van der Waals surface area (Å²) in [5, 5.41) is 2.41. The van der Waals surface area contributed by atoms with Gasteiger partial charge in [0.15, 0.2) is 0 Å². The Labute approximate surface area is 118 Å². The molecule has 21 heavy (non-hydrogen) atoms. The summed E-state index contributed by atoms with van der Waals surface area (Å²) in [6, 6.07) is 5.05. The van der Waals surface area contributed by atoms with Crippen molar-refractivity contribution in [2.45, 2.75) is 12.7 Å². The third kappa shape index (κ3) is 3.76. The molecule has 0 aliphatic heterocycles. The topological polar surface area (TPSA) is 80.9 Å². The van der Waals surface area contributed by atoms with Crippen molar-refractivity contribution in [2.75, 3.05) is 5.32 Å². The highest BCUT2D eigenvalue weighted by Gasteiger charge is 2.32. The summed E-state index contributed by atoms with van der Waals surface area (Å²) in [6.07, 6.45) is -2.11. The number of hydrogen-bond donors (Lipinski definition) is 2. The van der Waals surface area contributed by atoms with E-state index in [1.165, 1.54) is 12.3 Å². The van der Waals surface area contributed by atoms with Gasteiger partial charge in [0, 0.05) is 12.7 Å². The lowest BCUT2D eigenvalue weighted by Gasteiger charge is -2.07. The van der Waals surface area contributed by atoms with Crippen molar-refractivity contribution in [3.05, 3.63) is 53.6 Å². The molecule has 0 aliphatic rings. The first-order valence-electron chi connectivity index (χ1n) is 5.90. The molecular formula is C13H11F3N4O. The minimum atomic E-state index is -4.51. The van der Waals surface area contributed by atoms with Gasteiger partial charge in [0.05, 0.1) is 11.9 Å². The van der Waals surface area contributed by atoms with Crippen LogP contribution in [0, 0.1) is 0 Å². The minimum Gasteiger partial charge on any atom is -0.326 e. The van der Waals surface area contributed by atoms with Crippen LogP contribution in [0.2, 0.25) is 0 Å². The van der Waals surface area contributed by atoms with Crippen LogP contribution in [0.15, 0.2) is 36.7 Å². The Morgan fingerprint density at radius 2 is 1.90 bits per heavy atom. The molecule has 0 fully saturated rings. The quantitative estimate of drug-likeness (QED) is 0.910. The molecule has 2 heterocycles. The zero-order chi connectivity index (χ0) is 15.5. The van der Waals surface area contributed by atoms with E-state index in [0.29, 0.717) is 6.54 Å². The Bertz CT molecular complexity index is 623. The van der Waals surface area contributed by atoms with Gasteiger partial charge in [-0.05, 0) is 23.8 Å². The molecule has 2 aromatic rings.